The van der Waals surface area contributed by atoms with Gasteiger partial charge in [0.05, 0.1) is 5.56 Å². The Morgan fingerprint density at radius 1 is 0.952 bits per heavy atom. The van der Waals surface area contributed by atoms with Gasteiger partial charge in [-0.1, -0.05) is 17.7 Å². The second-order valence-electron chi connectivity index (χ2n) is 4.31. The van der Waals surface area contributed by atoms with E-state index in [1.165, 1.54) is 24.3 Å². The first-order chi connectivity index (χ1) is 9.83. The molecule has 2 aromatic rings. The van der Waals surface area contributed by atoms with Crippen molar-refractivity contribution < 1.29 is 28.4 Å². The third-order valence-electron chi connectivity index (χ3n) is 2.55. The van der Waals surface area contributed by atoms with E-state index in [0.29, 0.717) is 5.56 Å². The highest BCUT2D eigenvalue weighted by Crippen LogP contribution is 2.37. The van der Waals surface area contributed by atoms with Gasteiger partial charge in [0, 0.05) is 0 Å². The van der Waals surface area contributed by atoms with Crippen LogP contribution in [0.25, 0.3) is 0 Å². The first-order valence-electron chi connectivity index (χ1n) is 5.97. The van der Waals surface area contributed by atoms with E-state index in [-0.39, 0.29) is 11.5 Å². The van der Waals surface area contributed by atoms with Crippen LogP contribution in [-0.2, 0) is 4.57 Å². The molecular weight excluding hydrogens is 295 g/mol. The van der Waals surface area contributed by atoms with Crippen LogP contribution in [-0.4, -0.2) is 15.8 Å². The molecule has 0 saturated heterocycles. The summed E-state index contributed by atoms with van der Waals surface area (Å²) in [5.41, 5.74) is 1.45. The molecule has 0 heterocycles. The number of hydrogen-bond donors (Lipinski definition) is 2. The smallest absolute Gasteiger partial charge is 0.423 e. The van der Waals surface area contributed by atoms with Crippen LogP contribution in [0.2, 0.25) is 0 Å². The summed E-state index contributed by atoms with van der Waals surface area (Å²) in [4.78, 5) is 29.2. The Labute approximate surface area is 121 Å². The monoisotopic (exact) mass is 308 g/mol. The van der Waals surface area contributed by atoms with Gasteiger partial charge < -0.3 is 9.26 Å². The number of phosphoric ester groups is 1. The molecule has 0 radical (unpaired) electrons. The summed E-state index contributed by atoms with van der Waals surface area (Å²) in [5.74, 6) is -0.282. The lowest BCUT2D eigenvalue weighted by molar-refractivity contribution is 0.0734. The van der Waals surface area contributed by atoms with Gasteiger partial charge in [0.15, 0.2) is 0 Å². The Morgan fingerprint density at radius 2 is 1.48 bits per heavy atom. The molecule has 2 rings (SSSR count). The summed E-state index contributed by atoms with van der Waals surface area (Å²) >= 11 is 0. The molecule has 0 amide bonds. The zero-order chi connectivity index (χ0) is 15.5. The first-order valence-corrected chi connectivity index (χ1v) is 7.50. The Morgan fingerprint density at radius 3 is 2.00 bits per heavy atom. The van der Waals surface area contributed by atoms with Crippen LogP contribution >= 0.6 is 7.82 Å². The lowest BCUT2D eigenvalue weighted by Crippen LogP contribution is -2.08. The number of rotatable bonds is 4. The van der Waals surface area contributed by atoms with E-state index >= 15 is 0 Å². The maximum Gasteiger partial charge on any atom is 0.524 e. The van der Waals surface area contributed by atoms with Gasteiger partial charge in [-0.2, -0.15) is 0 Å². The molecule has 7 heteroatoms. The number of carbonyl (C=O) groups is 1. The Bertz CT molecular complexity index is 672. The van der Waals surface area contributed by atoms with Crippen molar-refractivity contribution in [3.8, 4) is 11.5 Å². The number of aryl methyl sites for hydroxylation is 1. The molecule has 2 aromatic carbocycles. The Hall–Kier alpha value is -2.14. The van der Waals surface area contributed by atoms with Crippen LogP contribution in [0.3, 0.4) is 0 Å². The van der Waals surface area contributed by atoms with Crippen LogP contribution in [0.4, 0.5) is 0 Å². The van der Waals surface area contributed by atoms with Crippen LogP contribution in [0.5, 0.6) is 11.5 Å². The van der Waals surface area contributed by atoms with Crippen LogP contribution in [0.1, 0.15) is 15.9 Å². The molecule has 6 nitrogen and oxygen atoms in total. The standard InChI is InChI=1S/C14H13O6P/c1-10-2-4-11(5-3-10)14(15)19-12-6-8-13(9-7-12)20-21(16,17)18/h2-9H,1H3,(H2,16,17,18). The average molecular weight is 308 g/mol. The van der Waals surface area contributed by atoms with Crippen molar-refractivity contribution in [3.63, 3.8) is 0 Å². The Balaban J connectivity index is 2.04. The number of esters is 1. The second kappa shape index (κ2) is 6.10. The van der Waals surface area contributed by atoms with Crippen molar-refractivity contribution >= 4 is 13.8 Å². The fourth-order valence-corrected chi connectivity index (χ4v) is 1.96. The van der Waals surface area contributed by atoms with Crippen LogP contribution < -0.4 is 9.26 Å². The highest BCUT2D eigenvalue weighted by Gasteiger charge is 2.16. The zero-order valence-electron chi connectivity index (χ0n) is 11.1. The number of benzene rings is 2. The molecule has 0 atom stereocenters. The molecule has 2 N–H and O–H groups in total. The molecule has 0 aliphatic rings. The predicted octanol–water partition coefficient (Wildman–Crippen LogP) is 2.69. The molecule has 0 aromatic heterocycles. The SMILES string of the molecule is Cc1ccc(C(=O)Oc2ccc(OP(=O)(O)O)cc2)cc1. The molecule has 0 spiro atoms. The summed E-state index contributed by atoms with van der Waals surface area (Å²) in [6.07, 6.45) is 0. The molecule has 0 unspecified atom stereocenters. The predicted molar refractivity (Wildman–Crippen MR) is 75.3 cm³/mol. The molecule has 21 heavy (non-hydrogen) atoms. The normalized spacial score (nSPS) is 11.0. The maximum absolute atomic E-state index is 11.9. The molecular formula is C14H13O6P. The fraction of sp³-hybridized carbons (Fsp3) is 0.0714. The van der Waals surface area contributed by atoms with E-state index in [4.69, 9.17) is 14.5 Å². The van der Waals surface area contributed by atoms with Crippen molar-refractivity contribution in [2.45, 2.75) is 6.92 Å². The molecule has 0 bridgehead atoms. The molecule has 0 aliphatic heterocycles. The van der Waals surface area contributed by atoms with Crippen LogP contribution in [0, 0.1) is 6.92 Å². The van der Waals surface area contributed by atoms with E-state index in [0.717, 1.165) is 5.56 Å². The molecule has 0 aliphatic carbocycles. The van der Waals surface area contributed by atoms with Crippen molar-refractivity contribution in [1.82, 2.24) is 0 Å². The highest BCUT2D eigenvalue weighted by molar-refractivity contribution is 7.46. The lowest BCUT2D eigenvalue weighted by Gasteiger charge is -2.08. The quantitative estimate of drug-likeness (QED) is 0.512. The van der Waals surface area contributed by atoms with E-state index in [9.17, 15) is 9.36 Å². The molecule has 0 fully saturated rings. The van der Waals surface area contributed by atoms with Gasteiger partial charge in [-0.15, -0.1) is 0 Å². The van der Waals surface area contributed by atoms with E-state index in [1.54, 1.807) is 24.3 Å². The first kappa shape index (κ1) is 15.3. The van der Waals surface area contributed by atoms with Gasteiger partial charge in [-0.3, -0.25) is 9.79 Å². The minimum absolute atomic E-state index is 0.0153. The number of phosphoric acid groups is 1. The van der Waals surface area contributed by atoms with Crippen molar-refractivity contribution in [2.75, 3.05) is 0 Å². The van der Waals surface area contributed by atoms with Gasteiger partial charge in [0.2, 0.25) is 0 Å². The van der Waals surface area contributed by atoms with Gasteiger partial charge >= 0.3 is 13.8 Å². The van der Waals surface area contributed by atoms with Crippen molar-refractivity contribution in [3.05, 3.63) is 59.7 Å². The molecule has 110 valence electrons. The van der Waals surface area contributed by atoms with Crippen molar-refractivity contribution in [1.29, 1.82) is 0 Å². The van der Waals surface area contributed by atoms with Gasteiger partial charge in [-0.25, -0.2) is 9.36 Å². The minimum atomic E-state index is -4.59. The molecule has 0 saturated carbocycles. The number of hydrogen-bond acceptors (Lipinski definition) is 4. The second-order valence-corrected chi connectivity index (χ2v) is 5.47. The topological polar surface area (TPSA) is 93.1 Å². The third kappa shape index (κ3) is 4.72. The maximum atomic E-state index is 11.9. The van der Waals surface area contributed by atoms with E-state index in [2.05, 4.69) is 4.52 Å². The number of carbonyl (C=O) groups excluding carboxylic acids is 1. The largest absolute Gasteiger partial charge is 0.524 e. The summed E-state index contributed by atoms with van der Waals surface area (Å²) in [7, 11) is -4.59. The minimum Gasteiger partial charge on any atom is -0.423 e. The van der Waals surface area contributed by atoms with Crippen molar-refractivity contribution in [2.24, 2.45) is 0 Å². The average Bonchev–Trinajstić information content (AvgIpc) is 2.40. The highest BCUT2D eigenvalue weighted by atomic mass is 31.2. The Kier molecular flexibility index (Phi) is 4.43. The van der Waals surface area contributed by atoms with Gasteiger partial charge in [-0.05, 0) is 43.3 Å². The van der Waals surface area contributed by atoms with Gasteiger partial charge in [0.1, 0.15) is 11.5 Å². The number of ether oxygens (including phenoxy) is 1. The summed E-state index contributed by atoms with van der Waals surface area (Å²) in [6, 6.07) is 12.3. The summed E-state index contributed by atoms with van der Waals surface area (Å²) in [5, 5.41) is 0. The fourth-order valence-electron chi connectivity index (χ4n) is 1.56. The van der Waals surface area contributed by atoms with Gasteiger partial charge in [0.25, 0.3) is 0 Å². The van der Waals surface area contributed by atoms with Crippen LogP contribution in [0.15, 0.2) is 48.5 Å². The lowest BCUT2D eigenvalue weighted by atomic mass is 10.1. The van der Waals surface area contributed by atoms with E-state index < -0.39 is 13.8 Å². The summed E-state index contributed by atoms with van der Waals surface area (Å²) in [6.45, 7) is 1.91. The zero-order valence-corrected chi connectivity index (χ0v) is 12.0. The summed E-state index contributed by atoms with van der Waals surface area (Å²) < 4.78 is 20.2. The van der Waals surface area contributed by atoms with E-state index in [1.807, 2.05) is 6.92 Å². The third-order valence-corrected chi connectivity index (χ3v) is 2.99.